The second-order valence-electron chi connectivity index (χ2n) is 7.14. The van der Waals surface area contributed by atoms with E-state index < -0.39 is 23.4 Å². The molecule has 1 aliphatic carbocycles. The molecule has 0 aliphatic heterocycles. The second kappa shape index (κ2) is 7.72. The van der Waals surface area contributed by atoms with Crippen LogP contribution >= 0.6 is 0 Å². The van der Waals surface area contributed by atoms with Crippen molar-refractivity contribution < 1.29 is 22.0 Å². The molecule has 0 nitrogen and oxygen atoms in total. The molecule has 2 aromatic rings. The number of hydrogen-bond acceptors (Lipinski definition) is 0. The van der Waals surface area contributed by atoms with Crippen molar-refractivity contribution in [3.8, 4) is 23.0 Å². The van der Waals surface area contributed by atoms with Crippen LogP contribution in [0.3, 0.4) is 0 Å². The summed E-state index contributed by atoms with van der Waals surface area (Å²) in [5.74, 6) is 1.48. The van der Waals surface area contributed by atoms with Crippen molar-refractivity contribution in [3.63, 3.8) is 0 Å². The molecule has 0 bridgehead atoms. The fourth-order valence-corrected chi connectivity index (χ4v) is 3.53. The van der Waals surface area contributed by atoms with Gasteiger partial charge in [-0.1, -0.05) is 50.0 Å². The van der Waals surface area contributed by atoms with Crippen LogP contribution in [0, 0.1) is 29.4 Å². The zero-order chi connectivity index (χ0) is 19.6. The summed E-state index contributed by atoms with van der Waals surface area (Å²) in [7, 11) is 0. The molecule has 27 heavy (non-hydrogen) atoms. The normalized spacial score (nSPS) is 20.1. The Hall–Kier alpha value is -2.35. The van der Waals surface area contributed by atoms with E-state index in [1.807, 2.05) is 12.1 Å². The largest absolute Gasteiger partial charge is 0.458 e. The highest BCUT2D eigenvalue weighted by Crippen LogP contribution is 2.36. The van der Waals surface area contributed by atoms with E-state index in [1.54, 1.807) is 12.1 Å². The molecule has 1 fully saturated rings. The van der Waals surface area contributed by atoms with Gasteiger partial charge in [0.2, 0.25) is 0 Å². The van der Waals surface area contributed by atoms with Crippen molar-refractivity contribution in [3.05, 3.63) is 59.2 Å². The van der Waals surface area contributed by atoms with Gasteiger partial charge in [-0.15, -0.1) is 0 Å². The first-order chi connectivity index (χ1) is 12.7. The lowest BCUT2D eigenvalue weighted by molar-refractivity contribution is -0.0696. The maximum atomic E-state index is 14.1. The first-order valence-corrected chi connectivity index (χ1v) is 8.92. The van der Waals surface area contributed by atoms with E-state index in [0.29, 0.717) is 11.5 Å². The maximum absolute atomic E-state index is 14.1. The van der Waals surface area contributed by atoms with Gasteiger partial charge in [0.15, 0.2) is 0 Å². The van der Waals surface area contributed by atoms with Gasteiger partial charge in [-0.05, 0) is 53.5 Å². The lowest BCUT2D eigenvalue weighted by Gasteiger charge is -2.26. The van der Waals surface area contributed by atoms with Crippen molar-refractivity contribution in [1.29, 1.82) is 0 Å². The van der Waals surface area contributed by atoms with Crippen LogP contribution in [0.15, 0.2) is 36.4 Å². The molecule has 0 atom stereocenters. The monoisotopic (exact) mass is 378 g/mol. The molecule has 0 radical (unpaired) electrons. The molecule has 0 unspecified atom stereocenters. The molecule has 0 spiro atoms. The van der Waals surface area contributed by atoms with Crippen LogP contribution in [0.5, 0.6) is 0 Å². The van der Waals surface area contributed by atoms with E-state index >= 15 is 0 Å². The lowest BCUT2D eigenvalue weighted by atomic mass is 9.79. The second-order valence-corrected chi connectivity index (χ2v) is 7.14. The van der Waals surface area contributed by atoms with E-state index in [9.17, 15) is 22.0 Å². The average Bonchev–Trinajstić information content (AvgIpc) is 2.61. The van der Waals surface area contributed by atoms with Crippen molar-refractivity contribution >= 4 is 0 Å². The number of halogens is 5. The molecule has 0 heterocycles. The van der Waals surface area contributed by atoms with Gasteiger partial charge in [0.05, 0.1) is 5.56 Å². The Morgan fingerprint density at radius 1 is 0.852 bits per heavy atom. The van der Waals surface area contributed by atoms with Crippen LogP contribution in [0.1, 0.15) is 49.7 Å². The van der Waals surface area contributed by atoms with Crippen LogP contribution < -0.4 is 0 Å². The summed E-state index contributed by atoms with van der Waals surface area (Å²) in [4.78, 5) is 0. The number of alkyl halides is 3. The minimum atomic E-state index is -4.80. The Kier molecular flexibility index (Phi) is 5.55. The van der Waals surface area contributed by atoms with Gasteiger partial charge in [-0.3, -0.25) is 0 Å². The van der Waals surface area contributed by atoms with Crippen LogP contribution in [0.25, 0.3) is 11.1 Å². The molecule has 5 heteroatoms. The van der Waals surface area contributed by atoms with Crippen molar-refractivity contribution in [2.75, 3.05) is 0 Å². The number of hydrogen-bond donors (Lipinski definition) is 0. The van der Waals surface area contributed by atoms with Gasteiger partial charge < -0.3 is 0 Å². The topological polar surface area (TPSA) is 0 Å². The van der Waals surface area contributed by atoms with Gasteiger partial charge in [0.1, 0.15) is 11.6 Å². The quantitative estimate of drug-likeness (QED) is 0.396. The smallest absolute Gasteiger partial charge is 0.205 e. The highest BCUT2D eigenvalue weighted by molar-refractivity contribution is 5.65. The first-order valence-electron chi connectivity index (χ1n) is 8.92. The highest BCUT2D eigenvalue weighted by Gasteiger charge is 2.24. The molecule has 3 rings (SSSR count). The summed E-state index contributed by atoms with van der Waals surface area (Å²) in [6.07, 6.45) is -0.135. The zero-order valence-electron chi connectivity index (χ0n) is 14.8. The van der Waals surface area contributed by atoms with Gasteiger partial charge in [-0.2, -0.15) is 13.2 Å². The lowest BCUT2D eigenvalue weighted by Crippen LogP contribution is -2.10. The molecule has 1 saturated carbocycles. The van der Waals surface area contributed by atoms with Crippen LogP contribution in [-0.4, -0.2) is 6.18 Å². The van der Waals surface area contributed by atoms with Crippen molar-refractivity contribution in [2.24, 2.45) is 5.92 Å². The Morgan fingerprint density at radius 3 is 1.93 bits per heavy atom. The highest BCUT2D eigenvalue weighted by atomic mass is 19.4. The molecule has 1 aliphatic rings. The predicted octanol–water partition coefficient (Wildman–Crippen LogP) is 6.84. The molecular weight excluding hydrogens is 359 g/mol. The van der Waals surface area contributed by atoms with Gasteiger partial charge >= 0.3 is 6.18 Å². The summed E-state index contributed by atoms with van der Waals surface area (Å²) in [5, 5.41) is 0. The SMILES string of the molecule is CC1CCC(c2ccc(-c3cc(F)c(C#CC(F)(F)F)c(F)c3)cc2)CC1. The Morgan fingerprint density at radius 2 is 1.41 bits per heavy atom. The molecule has 2 aromatic carbocycles. The number of rotatable bonds is 2. The first kappa shape index (κ1) is 19.4. The van der Waals surface area contributed by atoms with E-state index in [-0.39, 0.29) is 5.56 Å². The average molecular weight is 378 g/mol. The molecular formula is C22H19F5. The van der Waals surface area contributed by atoms with E-state index in [1.165, 1.54) is 24.3 Å². The minimum Gasteiger partial charge on any atom is -0.205 e. The summed E-state index contributed by atoms with van der Waals surface area (Å²) in [6.45, 7) is 2.26. The van der Waals surface area contributed by atoms with Crippen LogP contribution in [-0.2, 0) is 0 Å². The summed E-state index contributed by atoms with van der Waals surface area (Å²) >= 11 is 0. The van der Waals surface area contributed by atoms with E-state index in [2.05, 4.69) is 6.92 Å². The molecule has 0 amide bonds. The van der Waals surface area contributed by atoms with Crippen LogP contribution in [0.4, 0.5) is 22.0 Å². The van der Waals surface area contributed by atoms with Gasteiger partial charge in [0.25, 0.3) is 0 Å². The minimum absolute atomic E-state index is 0.270. The standard InChI is InChI=1S/C22H19F5/c1-14-2-4-15(5-3-14)16-6-8-17(9-7-16)18-12-20(23)19(21(24)13-18)10-11-22(25,26)27/h6-9,12-15H,2-5H2,1H3. The fraction of sp³-hybridized carbons (Fsp3) is 0.364. The Bertz CT molecular complexity index is 837. The Labute approximate surface area is 155 Å². The zero-order valence-corrected chi connectivity index (χ0v) is 14.8. The fourth-order valence-electron chi connectivity index (χ4n) is 3.53. The summed E-state index contributed by atoms with van der Waals surface area (Å²) < 4.78 is 64.6. The van der Waals surface area contributed by atoms with Gasteiger partial charge in [0, 0.05) is 5.92 Å². The third-order valence-electron chi connectivity index (χ3n) is 5.10. The maximum Gasteiger partial charge on any atom is 0.458 e. The predicted molar refractivity (Wildman–Crippen MR) is 95.1 cm³/mol. The summed E-state index contributed by atoms with van der Waals surface area (Å²) in [6, 6.07) is 9.54. The van der Waals surface area contributed by atoms with Crippen molar-refractivity contribution in [1.82, 2.24) is 0 Å². The van der Waals surface area contributed by atoms with Crippen molar-refractivity contribution in [2.45, 2.75) is 44.7 Å². The third kappa shape index (κ3) is 4.88. The third-order valence-corrected chi connectivity index (χ3v) is 5.10. The molecule has 0 N–H and O–H groups in total. The van der Waals surface area contributed by atoms with E-state index in [0.717, 1.165) is 36.8 Å². The number of benzene rings is 2. The molecule has 0 aromatic heterocycles. The molecule has 0 saturated heterocycles. The van der Waals surface area contributed by atoms with Crippen LogP contribution in [0.2, 0.25) is 0 Å². The van der Waals surface area contributed by atoms with E-state index in [4.69, 9.17) is 0 Å². The summed E-state index contributed by atoms with van der Waals surface area (Å²) in [5.41, 5.74) is 1.21. The molecule has 142 valence electrons. The van der Waals surface area contributed by atoms with Gasteiger partial charge in [-0.25, -0.2) is 8.78 Å². The Balaban J connectivity index is 1.83.